The maximum Gasteiger partial charge on any atom is 0.230 e. The number of amides is 1. The van der Waals surface area contributed by atoms with Gasteiger partial charge in [-0.25, -0.2) is 0 Å². The third-order valence-electron chi connectivity index (χ3n) is 5.52. The summed E-state index contributed by atoms with van der Waals surface area (Å²) in [7, 11) is 0. The Morgan fingerprint density at radius 3 is 2.22 bits per heavy atom. The van der Waals surface area contributed by atoms with Crippen LogP contribution < -0.4 is 5.32 Å². The van der Waals surface area contributed by atoms with E-state index in [1.54, 1.807) is 6.33 Å². The Hall–Kier alpha value is -3.38. The van der Waals surface area contributed by atoms with E-state index >= 15 is 0 Å². The Bertz CT molecular complexity index is 1140. The summed E-state index contributed by atoms with van der Waals surface area (Å²) in [5.74, 6) is 0.354. The van der Waals surface area contributed by atoms with E-state index in [0.29, 0.717) is 11.7 Å². The molecule has 32 heavy (non-hydrogen) atoms. The van der Waals surface area contributed by atoms with Crippen molar-refractivity contribution < 1.29 is 4.79 Å². The molecule has 1 aromatic heterocycles. The lowest BCUT2D eigenvalue weighted by atomic mass is 9.91. The molecular formula is C26H26N4OS. The highest BCUT2D eigenvalue weighted by molar-refractivity contribution is 7.99. The van der Waals surface area contributed by atoms with Crippen molar-refractivity contribution in [3.05, 3.63) is 107 Å². The Kier molecular flexibility index (Phi) is 7.02. The number of aryl methyl sites for hydroxylation is 2. The Morgan fingerprint density at radius 2 is 1.59 bits per heavy atom. The SMILES string of the molecule is Cc1ccc(-n2cnnc2SCC(=O)NCC(c2ccccc2)c2ccccc2)cc1C. The molecule has 0 aliphatic carbocycles. The van der Waals surface area contributed by atoms with Gasteiger partial charge in [-0.15, -0.1) is 10.2 Å². The summed E-state index contributed by atoms with van der Waals surface area (Å²) >= 11 is 1.39. The second kappa shape index (κ2) is 10.3. The highest BCUT2D eigenvalue weighted by Crippen LogP contribution is 2.24. The first-order valence-electron chi connectivity index (χ1n) is 10.6. The summed E-state index contributed by atoms with van der Waals surface area (Å²) in [6.45, 7) is 4.71. The van der Waals surface area contributed by atoms with Crippen molar-refractivity contribution in [1.29, 1.82) is 0 Å². The zero-order chi connectivity index (χ0) is 22.3. The topological polar surface area (TPSA) is 59.8 Å². The van der Waals surface area contributed by atoms with Gasteiger partial charge in [-0.05, 0) is 48.2 Å². The summed E-state index contributed by atoms with van der Waals surface area (Å²) < 4.78 is 1.92. The van der Waals surface area contributed by atoms with Crippen molar-refractivity contribution in [3.8, 4) is 5.69 Å². The molecule has 6 heteroatoms. The van der Waals surface area contributed by atoms with Crippen molar-refractivity contribution in [1.82, 2.24) is 20.1 Å². The Morgan fingerprint density at radius 1 is 0.938 bits per heavy atom. The maximum absolute atomic E-state index is 12.7. The van der Waals surface area contributed by atoms with Gasteiger partial charge in [-0.2, -0.15) is 0 Å². The molecule has 0 aliphatic rings. The first-order chi connectivity index (χ1) is 15.6. The summed E-state index contributed by atoms with van der Waals surface area (Å²) in [5, 5.41) is 12.0. The van der Waals surface area contributed by atoms with Crippen molar-refractivity contribution in [2.24, 2.45) is 0 Å². The van der Waals surface area contributed by atoms with Crippen molar-refractivity contribution in [2.75, 3.05) is 12.3 Å². The number of hydrogen-bond acceptors (Lipinski definition) is 4. The van der Waals surface area contributed by atoms with Crippen LogP contribution in [0.25, 0.3) is 5.69 Å². The number of rotatable bonds is 8. The number of carbonyl (C=O) groups excluding carboxylic acids is 1. The van der Waals surface area contributed by atoms with E-state index in [1.807, 2.05) is 47.0 Å². The average molecular weight is 443 g/mol. The molecule has 0 radical (unpaired) electrons. The van der Waals surface area contributed by atoms with E-state index in [2.05, 4.69) is 65.8 Å². The molecule has 3 aromatic carbocycles. The van der Waals surface area contributed by atoms with Crippen LogP contribution in [-0.4, -0.2) is 33.0 Å². The highest BCUT2D eigenvalue weighted by atomic mass is 32.2. The van der Waals surface area contributed by atoms with E-state index in [4.69, 9.17) is 0 Å². The molecule has 0 saturated carbocycles. The van der Waals surface area contributed by atoms with E-state index in [1.165, 1.54) is 34.0 Å². The highest BCUT2D eigenvalue weighted by Gasteiger charge is 2.16. The predicted octanol–water partition coefficient (Wildman–Crippen LogP) is 4.92. The fourth-order valence-corrected chi connectivity index (χ4v) is 4.33. The molecule has 0 unspecified atom stereocenters. The molecule has 162 valence electrons. The molecular weight excluding hydrogens is 416 g/mol. The van der Waals surface area contributed by atoms with Gasteiger partial charge < -0.3 is 5.32 Å². The van der Waals surface area contributed by atoms with Crippen molar-refractivity contribution >= 4 is 17.7 Å². The van der Waals surface area contributed by atoms with Gasteiger partial charge in [0.15, 0.2) is 5.16 Å². The van der Waals surface area contributed by atoms with Crippen LogP contribution in [0.2, 0.25) is 0 Å². The minimum atomic E-state index is -0.0264. The van der Waals surface area contributed by atoms with Gasteiger partial charge >= 0.3 is 0 Å². The van der Waals surface area contributed by atoms with Crippen LogP contribution in [0.4, 0.5) is 0 Å². The van der Waals surface area contributed by atoms with Crippen LogP contribution in [0.1, 0.15) is 28.2 Å². The van der Waals surface area contributed by atoms with Gasteiger partial charge in [-0.3, -0.25) is 9.36 Å². The van der Waals surface area contributed by atoms with Crippen LogP contribution in [0.15, 0.2) is 90.3 Å². The molecule has 0 bridgehead atoms. The third-order valence-corrected chi connectivity index (χ3v) is 6.47. The van der Waals surface area contributed by atoms with Gasteiger partial charge in [-0.1, -0.05) is 78.5 Å². The lowest BCUT2D eigenvalue weighted by Crippen LogP contribution is -2.30. The monoisotopic (exact) mass is 442 g/mol. The average Bonchev–Trinajstić information content (AvgIpc) is 3.30. The van der Waals surface area contributed by atoms with E-state index in [9.17, 15) is 4.79 Å². The predicted molar refractivity (Wildman–Crippen MR) is 129 cm³/mol. The molecule has 1 heterocycles. The first-order valence-corrected chi connectivity index (χ1v) is 11.6. The fourth-order valence-electron chi connectivity index (χ4n) is 3.57. The summed E-state index contributed by atoms with van der Waals surface area (Å²) in [6.07, 6.45) is 1.69. The zero-order valence-corrected chi connectivity index (χ0v) is 19.0. The van der Waals surface area contributed by atoms with E-state index in [0.717, 1.165) is 5.69 Å². The van der Waals surface area contributed by atoms with Crippen LogP contribution >= 0.6 is 11.8 Å². The smallest absolute Gasteiger partial charge is 0.230 e. The van der Waals surface area contributed by atoms with Crippen molar-refractivity contribution in [3.63, 3.8) is 0 Å². The van der Waals surface area contributed by atoms with Gasteiger partial charge in [0.1, 0.15) is 6.33 Å². The summed E-state index contributed by atoms with van der Waals surface area (Å²) in [5.41, 5.74) is 5.80. The standard InChI is InChI=1S/C26H26N4OS/c1-19-13-14-23(15-20(19)2)30-18-28-29-26(30)32-17-25(31)27-16-24(21-9-5-3-6-10-21)22-11-7-4-8-12-22/h3-15,18,24H,16-17H2,1-2H3,(H,27,31). The van der Waals surface area contributed by atoms with Gasteiger partial charge in [0, 0.05) is 18.2 Å². The molecule has 0 aliphatic heterocycles. The zero-order valence-electron chi connectivity index (χ0n) is 18.2. The number of aromatic nitrogens is 3. The van der Waals surface area contributed by atoms with Gasteiger partial charge in [0.2, 0.25) is 5.91 Å². The minimum Gasteiger partial charge on any atom is -0.354 e. The van der Waals surface area contributed by atoms with Crippen LogP contribution in [0.3, 0.4) is 0 Å². The fraction of sp³-hybridized carbons (Fsp3) is 0.192. The molecule has 0 spiro atoms. The molecule has 1 N–H and O–H groups in total. The molecule has 5 nitrogen and oxygen atoms in total. The van der Waals surface area contributed by atoms with Gasteiger partial charge in [0.25, 0.3) is 0 Å². The number of thioether (sulfide) groups is 1. The molecule has 4 rings (SSSR count). The number of nitrogens with zero attached hydrogens (tertiary/aromatic N) is 3. The first kappa shape index (κ1) is 21.8. The number of hydrogen-bond donors (Lipinski definition) is 1. The van der Waals surface area contributed by atoms with Crippen LogP contribution in [-0.2, 0) is 4.79 Å². The quantitative estimate of drug-likeness (QED) is 0.393. The Labute approximate surface area is 192 Å². The number of carbonyl (C=O) groups is 1. The molecule has 0 saturated heterocycles. The normalized spacial score (nSPS) is 11.0. The molecule has 4 aromatic rings. The largest absolute Gasteiger partial charge is 0.354 e. The van der Waals surface area contributed by atoms with Gasteiger partial charge in [0.05, 0.1) is 5.75 Å². The summed E-state index contributed by atoms with van der Waals surface area (Å²) in [6, 6.07) is 26.8. The minimum absolute atomic E-state index is 0.0264. The molecule has 1 amide bonds. The lowest BCUT2D eigenvalue weighted by Gasteiger charge is -2.19. The summed E-state index contributed by atoms with van der Waals surface area (Å²) in [4.78, 5) is 12.7. The number of nitrogens with one attached hydrogen (secondary N) is 1. The van der Waals surface area contributed by atoms with Crippen molar-refractivity contribution in [2.45, 2.75) is 24.9 Å². The van der Waals surface area contributed by atoms with E-state index in [-0.39, 0.29) is 17.6 Å². The Balaban J connectivity index is 1.40. The lowest BCUT2D eigenvalue weighted by molar-refractivity contribution is -0.118. The van der Waals surface area contributed by atoms with Crippen LogP contribution in [0, 0.1) is 13.8 Å². The molecule has 0 fully saturated rings. The second-order valence-corrected chi connectivity index (χ2v) is 8.66. The second-order valence-electron chi connectivity index (χ2n) is 7.72. The number of benzene rings is 3. The molecule has 0 atom stereocenters. The van der Waals surface area contributed by atoms with Crippen LogP contribution in [0.5, 0.6) is 0 Å². The third kappa shape index (κ3) is 5.26. The maximum atomic E-state index is 12.7. The van der Waals surface area contributed by atoms with E-state index < -0.39 is 0 Å².